The fourth-order valence-electron chi connectivity index (χ4n) is 3.50. The van der Waals surface area contributed by atoms with Crippen molar-refractivity contribution >= 4 is 21.7 Å². The Balaban J connectivity index is 1.58. The number of carbonyl (C=O) groups is 1. The average molecular weight is 379 g/mol. The molecule has 0 saturated carbocycles. The van der Waals surface area contributed by atoms with E-state index in [1.165, 1.54) is 0 Å². The first kappa shape index (κ1) is 16.8. The van der Waals surface area contributed by atoms with E-state index in [1.807, 2.05) is 9.80 Å². The smallest absolute Gasteiger partial charge is 0.290 e. The Hall–Kier alpha value is -2.60. The molecule has 1 amide bonds. The van der Waals surface area contributed by atoms with Gasteiger partial charge in [-0.2, -0.15) is 4.98 Å². The Kier molecular flexibility index (Phi) is 4.07. The summed E-state index contributed by atoms with van der Waals surface area (Å²) in [5.41, 5.74) is 5.13. The topological polar surface area (TPSA) is 148 Å². The van der Waals surface area contributed by atoms with Gasteiger partial charge in [0.15, 0.2) is 9.84 Å². The molecule has 2 aliphatic rings. The molecular weight excluding hydrogens is 362 g/mol. The summed E-state index contributed by atoms with van der Waals surface area (Å²) < 4.78 is 29.6. The lowest BCUT2D eigenvalue weighted by atomic mass is 10.1. The maximum Gasteiger partial charge on any atom is 0.290 e. The molecule has 11 nitrogen and oxygen atoms in total. The third-order valence-corrected chi connectivity index (χ3v) is 6.33. The van der Waals surface area contributed by atoms with Crippen LogP contribution in [-0.2, 0) is 16.4 Å². The average Bonchev–Trinajstić information content (AvgIpc) is 3.19. The second-order valence-electron chi connectivity index (χ2n) is 6.30. The summed E-state index contributed by atoms with van der Waals surface area (Å²) in [4.78, 5) is 27.5. The minimum atomic E-state index is -3.18. The van der Waals surface area contributed by atoms with Crippen molar-refractivity contribution in [3.8, 4) is 0 Å². The van der Waals surface area contributed by atoms with Gasteiger partial charge in [-0.3, -0.25) is 9.69 Å². The summed E-state index contributed by atoms with van der Waals surface area (Å²) in [6, 6.07) is 1.21. The highest BCUT2D eigenvalue weighted by atomic mass is 32.2. The van der Waals surface area contributed by atoms with Crippen LogP contribution in [0.3, 0.4) is 0 Å². The van der Waals surface area contributed by atoms with Crippen molar-refractivity contribution in [2.45, 2.75) is 18.6 Å². The van der Waals surface area contributed by atoms with Gasteiger partial charge < -0.3 is 15.2 Å². The third-order valence-electron chi connectivity index (χ3n) is 4.63. The van der Waals surface area contributed by atoms with E-state index in [2.05, 4.69) is 20.1 Å². The predicted molar refractivity (Wildman–Crippen MR) is 88.8 cm³/mol. The van der Waals surface area contributed by atoms with Gasteiger partial charge in [-0.25, -0.2) is 18.4 Å². The number of hydrogen-bond donors (Lipinski definition) is 1. The molecule has 4 heterocycles. The van der Waals surface area contributed by atoms with Crippen molar-refractivity contribution < 1.29 is 17.7 Å². The molecule has 2 aliphatic heterocycles. The van der Waals surface area contributed by atoms with Gasteiger partial charge in [0.2, 0.25) is 11.8 Å². The molecule has 138 valence electrons. The first-order valence-corrected chi connectivity index (χ1v) is 9.85. The van der Waals surface area contributed by atoms with Crippen LogP contribution >= 0.6 is 0 Å². The number of carbonyl (C=O) groups excluding carboxylic acids is 1. The maximum absolute atomic E-state index is 12.3. The molecule has 0 radical (unpaired) electrons. The SMILES string of the molecule is NC(=O)c1noc(CN2CCN(c3ncccn3)[C@@H]3CS(=O)(=O)C[C@@H]32)n1. The molecule has 0 aliphatic carbocycles. The third kappa shape index (κ3) is 3.12. The van der Waals surface area contributed by atoms with Crippen LogP contribution in [0.1, 0.15) is 16.5 Å². The Morgan fingerprint density at radius 1 is 1.23 bits per heavy atom. The normalized spacial score (nSPS) is 25.2. The zero-order valence-corrected chi connectivity index (χ0v) is 14.5. The van der Waals surface area contributed by atoms with Crippen LogP contribution in [0.2, 0.25) is 0 Å². The van der Waals surface area contributed by atoms with Gasteiger partial charge in [-0.05, 0) is 6.07 Å². The van der Waals surface area contributed by atoms with E-state index in [0.29, 0.717) is 19.0 Å². The second-order valence-corrected chi connectivity index (χ2v) is 8.45. The molecule has 0 unspecified atom stereocenters. The summed E-state index contributed by atoms with van der Waals surface area (Å²) in [6.45, 7) is 1.39. The van der Waals surface area contributed by atoms with E-state index >= 15 is 0 Å². The Morgan fingerprint density at radius 3 is 2.65 bits per heavy atom. The lowest BCUT2D eigenvalue weighted by Crippen LogP contribution is -2.59. The van der Waals surface area contributed by atoms with Crippen LogP contribution in [0.4, 0.5) is 5.95 Å². The maximum atomic E-state index is 12.3. The fraction of sp³-hybridized carbons (Fsp3) is 0.500. The van der Waals surface area contributed by atoms with E-state index in [4.69, 9.17) is 10.3 Å². The number of nitrogens with zero attached hydrogens (tertiary/aromatic N) is 6. The molecule has 2 fully saturated rings. The number of piperazine rings is 1. The minimum absolute atomic E-state index is 0.0395. The summed E-state index contributed by atoms with van der Waals surface area (Å²) in [7, 11) is -3.18. The van der Waals surface area contributed by atoms with E-state index < -0.39 is 15.7 Å². The van der Waals surface area contributed by atoms with Crippen molar-refractivity contribution in [2.24, 2.45) is 5.73 Å². The van der Waals surface area contributed by atoms with Crippen LogP contribution in [0, 0.1) is 0 Å². The van der Waals surface area contributed by atoms with Crippen LogP contribution in [0.15, 0.2) is 23.0 Å². The van der Waals surface area contributed by atoms with Crippen molar-refractivity contribution in [1.29, 1.82) is 0 Å². The summed E-state index contributed by atoms with van der Waals surface area (Å²) in [5.74, 6) is -0.126. The van der Waals surface area contributed by atoms with E-state index in [0.717, 1.165) is 0 Å². The molecule has 2 saturated heterocycles. The highest BCUT2D eigenvalue weighted by Crippen LogP contribution is 2.29. The number of aromatic nitrogens is 4. The quantitative estimate of drug-likeness (QED) is 0.661. The van der Waals surface area contributed by atoms with Crippen molar-refractivity contribution in [3.05, 3.63) is 30.2 Å². The summed E-state index contributed by atoms with van der Waals surface area (Å²) in [5, 5.41) is 3.52. The molecule has 0 bridgehead atoms. The van der Waals surface area contributed by atoms with Crippen molar-refractivity contribution in [3.63, 3.8) is 0 Å². The molecule has 2 atom stereocenters. The number of hydrogen-bond acceptors (Lipinski definition) is 10. The van der Waals surface area contributed by atoms with Gasteiger partial charge in [0.05, 0.1) is 24.1 Å². The number of amides is 1. The van der Waals surface area contributed by atoms with Gasteiger partial charge in [-0.1, -0.05) is 5.16 Å². The lowest BCUT2D eigenvalue weighted by Gasteiger charge is -2.43. The van der Waals surface area contributed by atoms with Gasteiger partial charge >= 0.3 is 0 Å². The Morgan fingerprint density at radius 2 is 1.96 bits per heavy atom. The molecular formula is C14H17N7O4S. The molecule has 2 N–H and O–H groups in total. The molecule has 0 aromatic carbocycles. The molecule has 26 heavy (non-hydrogen) atoms. The largest absolute Gasteiger partial charge is 0.363 e. The van der Waals surface area contributed by atoms with Crippen molar-refractivity contribution in [1.82, 2.24) is 25.0 Å². The van der Waals surface area contributed by atoms with Gasteiger partial charge in [0.1, 0.15) is 0 Å². The fourth-order valence-corrected chi connectivity index (χ4v) is 5.51. The molecule has 2 aromatic heterocycles. The molecule has 12 heteroatoms. The van der Waals surface area contributed by atoms with Crippen LogP contribution < -0.4 is 10.6 Å². The first-order chi connectivity index (χ1) is 12.4. The highest BCUT2D eigenvalue weighted by molar-refractivity contribution is 7.91. The van der Waals surface area contributed by atoms with Crippen LogP contribution in [0.25, 0.3) is 0 Å². The van der Waals surface area contributed by atoms with Crippen LogP contribution in [-0.4, -0.2) is 76.0 Å². The summed E-state index contributed by atoms with van der Waals surface area (Å²) in [6.07, 6.45) is 3.27. The number of primary amides is 1. The van der Waals surface area contributed by atoms with Gasteiger partial charge in [-0.15, -0.1) is 0 Å². The number of rotatable bonds is 4. The van der Waals surface area contributed by atoms with Gasteiger partial charge in [0.25, 0.3) is 11.7 Å². The van der Waals surface area contributed by atoms with Crippen molar-refractivity contribution in [2.75, 3.05) is 29.5 Å². The van der Waals surface area contributed by atoms with E-state index in [9.17, 15) is 13.2 Å². The lowest BCUT2D eigenvalue weighted by molar-refractivity contribution is 0.0987. The second kappa shape index (κ2) is 6.29. The summed E-state index contributed by atoms with van der Waals surface area (Å²) >= 11 is 0. The number of sulfone groups is 1. The Bertz CT molecular complexity index is 916. The first-order valence-electron chi connectivity index (χ1n) is 8.03. The Labute approximate surface area is 149 Å². The number of nitrogens with two attached hydrogens (primary N) is 1. The molecule has 0 spiro atoms. The zero-order valence-electron chi connectivity index (χ0n) is 13.7. The molecule has 2 aromatic rings. The number of fused-ring (bicyclic) bond motifs is 1. The van der Waals surface area contributed by atoms with E-state index in [1.54, 1.807) is 18.5 Å². The van der Waals surface area contributed by atoms with Gasteiger partial charge in [0, 0.05) is 31.5 Å². The molecule has 4 rings (SSSR count). The zero-order chi connectivity index (χ0) is 18.3. The predicted octanol–water partition coefficient (Wildman–Crippen LogP) is -1.55. The van der Waals surface area contributed by atoms with Crippen LogP contribution in [0.5, 0.6) is 0 Å². The highest BCUT2D eigenvalue weighted by Gasteiger charge is 2.47. The van der Waals surface area contributed by atoms with E-state index in [-0.39, 0.29) is 41.8 Å². The monoisotopic (exact) mass is 379 g/mol. The minimum Gasteiger partial charge on any atom is -0.363 e. The standard InChI is InChI=1S/C14H17N7O4S/c15-12(22)13-18-11(25-19-13)6-20-4-5-21(14-16-2-1-3-17-14)10-8-26(23,24)7-9(10)20/h1-3,9-10H,4-8H2,(H2,15,22)/t9-,10+/m0/s1. The number of anilines is 1.